The largest absolute Gasteiger partial charge is 0.324 e. The maximum absolute atomic E-state index is 4.52. The van der Waals surface area contributed by atoms with Crippen molar-refractivity contribution < 1.29 is 0 Å². The molecule has 0 N–H and O–H groups in total. The van der Waals surface area contributed by atoms with Gasteiger partial charge in [0.25, 0.3) is 0 Å². The number of hydrogen-bond acceptors (Lipinski definition) is 5. The van der Waals surface area contributed by atoms with Gasteiger partial charge in [-0.25, -0.2) is 9.97 Å². The summed E-state index contributed by atoms with van der Waals surface area (Å²) in [6.45, 7) is 0.942. The van der Waals surface area contributed by atoms with Crippen molar-refractivity contribution in [3.63, 3.8) is 0 Å². The van der Waals surface area contributed by atoms with Crippen LogP contribution in [0.25, 0.3) is 0 Å². The van der Waals surface area contributed by atoms with Gasteiger partial charge in [-0.2, -0.15) is 0 Å². The van der Waals surface area contributed by atoms with Crippen LogP contribution in [0.4, 0.5) is 11.5 Å². The van der Waals surface area contributed by atoms with E-state index in [1.165, 1.54) is 5.69 Å². The van der Waals surface area contributed by atoms with E-state index >= 15 is 0 Å². The van der Waals surface area contributed by atoms with Crippen molar-refractivity contribution in [3.8, 4) is 0 Å². The summed E-state index contributed by atoms with van der Waals surface area (Å²) in [6.07, 6.45) is 6.62. The molecule has 0 fully saturated rings. The second-order valence-electron chi connectivity index (χ2n) is 3.77. The van der Waals surface area contributed by atoms with Crippen molar-refractivity contribution in [2.24, 2.45) is 0 Å². The monoisotopic (exact) mass is 244 g/mol. The van der Waals surface area contributed by atoms with Crippen molar-refractivity contribution >= 4 is 23.3 Å². The Bertz CT molecular complexity index is 544. The second kappa shape index (κ2) is 4.33. The van der Waals surface area contributed by atoms with E-state index in [0.717, 1.165) is 29.6 Å². The number of aromatic nitrogens is 3. The van der Waals surface area contributed by atoms with Gasteiger partial charge < -0.3 is 4.90 Å². The van der Waals surface area contributed by atoms with Crippen LogP contribution in [0, 0.1) is 0 Å². The molecule has 0 radical (unpaired) electrons. The van der Waals surface area contributed by atoms with Crippen LogP contribution in [0.1, 0.15) is 5.69 Å². The molecule has 0 spiro atoms. The van der Waals surface area contributed by atoms with E-state index in [-0.39, 0.29) is 0 Å². The van der Waals surface area contributed by atoms with Crippen LogP contribution in [-0.2, 0) is 6.42 Å². The minimum atomic E-state index is 0.805. The smallest absolute Gasteiger partial charge is 0.189 e. The van der Waals surface area contributed by atoms with Gasteiger partial charge in [0, 0.05) is 25.4 Å². The fraction of sp³-hybridized carbons (Fsp3) is 0.250. The Morgan fingerprint density at radius 2 is 2.18 bits per heavy atom. The summed E-state index contributed by atoms with van der Waals surface area (Å²) < 4.78 is 0. The molecule has 5 heteroatoms. The van der Waals surface area contributed by atoms with Crippen molar-refractivity contribution in [1.82, 2.24) is 15.0 Å². The highest BCUT2D eigenvalue weighted by atomic mass is 32.2. The maximum atomic E-state index is 4.52. The molecule has 86 valence electrons. The molecule has 0 aromatic carbocycles. The summed E-state index contributed by atoms with van der Waals surface area (Å²) in [5.41, 5.74) is 2.31. The number of nitrogens with zero attached hydrogens (tertiary/aromatic N) is 4. The minimum Gasteiger partial charge on any atom is -0.324 e. The Labute approximate surface area is 104 Å². The predicted molar refractivity (Wildman–Crippen MR) is 68.8 cm³/mol. The van der Waals surface area contributed by atoms with Crippen LogP contribution in [0.3, 0.4) is 0 Å². The highest BCUT2D eigenvalue weighted by molar-refractivity contribution is 7.98. The molecule has 1 aliphatic heterocycles. The number of fused-ring (bicyclic) bond motifs is 1. The SMILES string of the molecule is CSc1nccc(N2CCc3ncccc32)n1. The average molecular weight is 244 g/mol. The topological polar surface area (TPSA) is 41.9 Å². The van der Waals surface area contributed by atoms with Crippen LogP contribution in [0.15, 0.2) is 35.7 Å². The second-order valence-corrected chi connectivity index (χ2v) is 4.55. The summed E-state index contributed by atoms with van der Waals surface area (Å²) in [7, 11) is 0. The molecule has 1 aliphatic rings. The highest BCUT2D eigenvalue weighted by Gasteiger charge is 2.22. The van der Waals surface area contributed by atoms with Gasteiger partial charge in [-0.1, -0.05) is 11.8 Å². The maximum Gasteiger partial charge on any atom is 0.189 e. The molecule has 2 aromatic heterocycles. The fourth-order valence-corrected chi connectivity index (χ4v) is 2.38. The third kappa shape index (κ3) is 1.86. The zero-order valence-corrected chi connectivity index (χ0v) is 10.3. The predicted octanol–water partition coefficient (Wildman–Crippen LogP) is 2.29. The average Bonchev–Trinajstić information content (AvgIpc) is 2.82. The van der Waals surface area contributed by atoms with Crippen LogP contribution >= 0.6 is 11.8 Å². The lowest BCUT2D eigenvalue weighted by atomic mass is 10.3. The van der Waals surface area contributed by atoms with Crippen molar-refractivity contribution in [2.75, 3.05) is 17.7 Å². The molecule has 2 aromatic rings. The normalized spacial score (nSPS) is 13.8. The number of thioether (sulfide) groups is 1. The quantitative estimate of drug-likeness (QED) is 0.599. The van der Waals surface area contributed by atoms with E-state index in [1.807, 2.05) is 30.8 Å². The first-order valence-electron chi connectivity index (χ1n) is 5.47. The Morgan fingerprint density at radius 1 is 1.24 bits per heavy atom. The zero-order valence-electron chi connectivity index (χ0n) is 9.50. The van der Waals surface area contributed by atoms with Crippen molar-refractivity contribution in [2.45, 2.75) is 11.6 Å². The first kappa shape index (κ1) is 10.5. The first-order chi connectivity index (χ1) is 8.38. The lowest BCUT2D eigenvalue weighted by Crippen LogP contribution is -2.15. The van der Waals surface area contributed by atoms with E-state index in [0.29, 0.717) is 0 Å². The molecule has 4 nitrogen and oxygen atoms in total. The number of hydrogen-bond donors (Lipinski definition) is 0. The fourth-order valence-electron chi connectivity index (χ4n) is 2.02. The number of pyridine rings is 1. The van der Waals surface area contributed by atoms with Gasteiger partial charge >= 0.3 is 0 Å². The molecule has 0 aliphatic carbocycles. The molecule has 0 bridgehead atoms. The van der Waals surface area contributed by atoms with E-state index in [4.69, 9.17) is 0 Å². The summed E-state index contributed by atoms with van der Waals surface area (Å²) in [5.74, 6) is 0.955. The van der Waals surface area contributed by atoms with Crippen LogP contribution < -0.4 is 4.90 Å². The molecular weight excluding hydrogens is 232 g/mol. The molecule has 0 atom stereocenters. The lowest BCUT2D eigenvalue weighted by molar-refractivity contribution is 0.905. The third-order valence-electron chi connectivity index (χ3n) is 2.81. The molecule has 17 heavy (non-hydrogen) atoms. The Morgan fingerprint density at radius 3 is 3.06 bits per heavy atom. The Balaban J connectivity index is 2.01. The number of rotatable bonds is 2. The molecule has 0 unspecified atom stereocenters. The van der Waals surface area contributed by atoms with Gasteiger partial charge in [0.05, 0.1) is 11.4 Å². The lowest BCUT2D eigenvalue weighted by Gasteiger charge is -2.17. The molecule has 0 saturated heterocycles. The van der Waals surface area contributed by atoms with Crippen LogP contribution in [-0.4, -0.2) is 27.8 Å². The summed E-state index contributed by atoms with van der Waals surface area (Å²) in [6, 6.07) is 6.01. The van der Waals surface area contributed by atoms with Gasteiger partial charge in [0.1, 0.15) is 5.82 Å². The van der Waals surface area contributed by atoms with E-state index in [1.54, 1.807) is 11.8 Å². The summed E-state index contributed by atoms with van der Waals surface area (Å²) >= 11 is 1.56. The standard InChI is InChI=1S/C12H12N4S/c1-17-12-14-7-4-11(15-12)16-8-5-9-10(16)3-2-6-13-9/h2-4,6-7H,5,8H2,1H3. The molecular formula is C12H12N4S. The summed E-state index contributed by atoms with van der Waals surface area (Å²) in [4.78, 5) is 15.3. The van der Waals surface area contributed by atoms with Crippen LogP contribution in [0.5, 0.6) is 0 Å². The van der Waals surface area contributed by atoms with Gasteiger partial charge in [-0.3, -0.25) is 4.98 Å². The number of anilines is 2. The summed E-state index contributed by atoms with van der Waals surface area (Å²) in [5, 5.41) is 0.805. The van der Waals surface area contributed by atoms with Gasteiger partial charge in [0.2, 0.25) is 0 Å². The molecule has 0 amide bonds. The Kier molecular flexibility index (Phi) is 2.68. The molecule has 3 heterocycles. The van der Waals surface area contributed by atoms with Gasteiger partial charge in [-0.05, 0) is 24.5 Å². The van der Waals surface area contributed by atoms with E-state index in [2.05, 4.69) is 25.9 Å². The minimum absolute atomic E-state index is 0.805. The zero-order chi connectivity index (χ0) is 11.7. The van der Waals surface area contributed by atoms with Crippen molar-refractivity contribution in [1.29, 1.82) is 0 Å². The Hall–Kier alpha value is -1.62. The van der Waals surface area contributed by atoms with Gasteiger partial charge in [0.15, 0.2) is 5.16 Å². The third-order valence-corrected chi connectivity index (χ3v) is 3.37. The molecule has 0 saturated carbocycles. The highest BCUT2D eigenvalue weighted by Crippen LogP contribution is 2.31. The molecule has 3 rings (SSSR count). The van der Waals surface area contributed by atoms with E-state index < -0.39 is 0 Å². The first-order valence-corrected chi connectivity index (χ1v) is 6.69. The van der Waals surface area contributed by atoms with E-state index in [9.17, 15) is 0 Å². The van der Waals surface area contributed by atoms with Crippen molar-refractivity contribution in [3.05, 3.63) is 36.3 Å². The van der Waals surface area contributed by atoms with Gasteiger partial charge in [-0.15, -0.1) is 0 Å². The van der Waals surface area contributed by atoms with Crippen LogP contribution in [0.2, 0.25) is 0 Å².